The van der Waals surface area contributed by atoms with E-state index in [4.69, 9.17) is 4.74 Å². The number of carbonyl (C=O) groups excluding carboxylic acids is 1. The molecule has 0 saturated heterocycles. The standard InChI is InChI=1S/C19H20F4N2O2/c20-16-6-8-17(9-7-16)27-11-2-1-10-24-18(26)25-13-14-4-3-5-15(12-14)19(21,22)23/h3-9,12H,1-2,10-11,13H2,(H2,24,25,26). The summed E-state index contributed by atoms with van der Waals surface area (Å²) in [7, 11) is 0. The van der Waals surface area contributed by atoms with Crippen molar-refractivity contribution in [3.05, 3.63) is 65.5 Å². The first kappa shape index (κ1) is 20.5. The quantitative estimate of drug-likeness (QED) is 0.520. The Kier molecular flexibility index (Phi) is 7.45. The number of amides is 2. The highest BCUT2D eigenvalue weighted by Gasteiger charge is 2.30. The molecule has 0 spiro atoms. The lowest BCUT2D eigenvalue weighted by Gasteiger charge is -2.10. The van der Waals surface area contributed by atoms with Crippen molar-refractivity contribution in [1.29, 1.82) is 0 Å². The minimum atomic E-state index is -4.41. The Morgan fingerprint density at radius 2 is 1.74 bits per heavy atom. The highest BCUT2D eigenvalue weighted by Crippen LogP contribution is 2.29. The van der Waals surface area contributed by atoms with Gasteiger partial charge in [-0.2, -0.15) is 13.2 Å². The molecule has 146 valence electrons. The van der Waals surface area contributed by atoms with Crippen molar-refractivity contribution in [2.45, 2.75) is 25.6 Å². The summed E-state index contributed by atoms with van der Waals surface area (Å²) in [6, 6.07) is 10.1. The molecule has 2 N–H and O–H groups in total. The molecule has 0 aliphatic heterocycles. The number of hydrogen-bond acceptors (Lipinski definition) is 2. The summed E-state index contributed by atoms with van der Waals surface area (Å²) in [6.45, 7) is 0.837. The number of hydrogen-bond donors (Lipinski definition) is 2. The van der Waals surface area contributed by atoms with Crippen LogP contribution in [0, 0.1) is 5.82 Å². The van der Waals surface area contributed by atoms with Crippen LogP contribution in [0.4, 0.5) is 22.4 Å². The van der Waals surface area contributed by atoms with Crippen molar-refractivity contribution < 1.29 is 27.1 Å². The number of halogens is 4. The van der Waals surface area contributed by atoms with Crippen LogP contribution in [0.5, 0.6) is 5.75 Å². The van der Waals surface area contributed by atoms with Crippen LogP contribution in [-0.2, 0) is 12.7 Å². The van der Waals surface area contributed by atoms with E-state index in [0.717, 1.165) is 12.1 Å². The average Bonchev–Trinajstić information content (AvgIpc) is 2.64. The number of ether oxygens (including phenoxy) is 1. The zero-order valence-corrected chi connectivity index (χ0v) is 14.5. The molecule has 0 aliphatic rings. The van der Waals surface area contributed by atoms with Crippen LogP contribution < -0.4 is 15.4 Å². The van der Waals surface area contributed by atoms with E-state index in [1.165, 1.54) is 36.4 Å². The van der Waals surface area contributed by atoms with Gasteiger partial charge in [0.1, 0.15) is 11.6 Å². The SMILES string of the molecule is O=C(NCCCCOc1ccc(F)cc1)NCc1cccc(C(F)(F)F)c1. The predicted molar refractivity (Wildman–Crippen MR) is 92.8 cm³/mol. The van der Waals surface area contributed by atoms with Crippen molar-refractivity contribution in [2.24, 2.45) is 0 Å². The van der Waals surface area contributed by atoms with Gasteiger partial charge in [-0.25, -0.2) is 9.18 Å². The molecule has 2 amide bonds. The van der Waals surface area contributed by atoms with Gasteiger partial charge in [0.25, 0.3) is 0 Å². The number of alkyl halides is 3. The van der Waals surface area contributed by atoms with Gasteiger partial charge in [0, 0.05) is 13.1 Å². The second kappa shape index (κ2) is 9.80. The Balaban J connectivity index is 1.59. The maximum Gasteiger partial charge on any atom is 0.416 e. The molecule has 4 nitrogen and oxygen atoms in total. The van der Waals surface area contributed by atoms with Gasteiger partial charge >= 0.3 is 12.2 Å². The van der Waals surface area contributed by atoms with Crippen LogP contribution >= 0.6 is 0 Å². The molecule has 2 rings (SSSR count). The zero-order chi connectivity index (χ0) is 19.7. The van der Waals surface area contributed by atoms with Gasteiger partial charge < -0.3 is 15.4 Å². The van der Waals surface area contributed by atoms with Gasteiger partial charge in [-0.15, -0.1) is 0 Å². The Morgan fingerprint density at radius 3 is 2.44 bits per heavy atom. The second-order valence-electron chi connectivity index (χ2n) is 5.82. The van der Waals surface area contributed by atoms with E-state index < -0.39 is 17.8 Å². The summed E-state index contributed by atoms with van der Waals surface area (Å²) in [4.78, 5) is 11.7. The number of nitrogens with one attached hydrogen (secondary N) is 2. The molecule has 0 aliphatic carbocycles. The Labute approximate surface area is 154 Å². The Morgan fingerprint density at radius 1 is 1.00 bits per heavy atom. The first-order valence-corrected chi connectivity index (χ1v) is 8.41. The molecule has 0 unspecified atom stereocenters. The molecule has 0 radical (unpaired) electrons. The third-order valence-corrected chi connectivity index (χ3v) is 3.65. The van der Waals surface area contributed by atoms with Crippen molar-refractivity contribution in [1.82, 2.24) is 10.6 Å². The minimum Gasteiger partial charge on any atom is -0.494 e. The van der Waals surface area contributed by atoms with E-state index in [9.17, 15) is 22.4 Å². The van der Waals surface area contributed by atoms with Crippen LogP contribution in [0.2, 0.25) is 0 Å². The lowest BCUT2D eigenvalue weighted by molar-refractivity contribution is -0.137. The summed E-state index contributed by atoms with van der Waals surface area (Å²) >= 11 is 0. The topological polar surface area (TPSA) is 50.4 Å². The molecule has 8 heteroatoms. The monoisotopic (exact) mass is 384 g/mol. The highest BCUT2D eigenvalue weighted by molar-refractivity contribution is 5.73. The van der Waals surface area contributed by atoms with E-state index in [1.54, 1.807) is 0 Å². The molecular weight excluding hydrogens is 364 g/mol. The van der Waals surface area contributed by atoms with Crippen LogP contribution in [0.1, 0.15) is 24.0 Å². The van der Waals surface area contributed by atoms with E-state index >= 15 is 0 Å². The van der Waals surface area contributed by atoms with Gasteiger partial charge in [0.05, 0.1) is 12.2 Å². The van der Waals surface area contributed by atoms with Gasteiger partial charge in [0.15, 0.2) is 0 Å². The van der Waals surface area contributed by atoms with Crippen molar-refractivity contribution >= 4 is 6.03 Å². The predicted octanol–water partition coefficient (Wildman–Crippen LogP) is 4.50. The molecule has 27 heavy (non-hydrogen) atoms. The first-order valence-electron chi connectivity index (χ1n) is 8.41. The summed E-state index contributed by atoms with van der Waals surface area (Å²) in [5.41, 5.74) is -0.379. The molecule has 0 saturated carbocycles. The van der Waals surface area contributed by atoms with Crippen molar-refractivity contribution in [3.8, 4) is 5.75 Å². The molecule has 0 aromatic heterocycles. The largest absolute Gasteiger partial charge is 0.494 e. The smallest absolute Gasteiger partial charge is 0.416 e. The average molecular weight is 384 g/mol. The normalized spacial score (nSPS) is 11.1. The molecule has 0 heterocycles. The summed E-state index contributed by atoms with van der Waals surface area (Å²) in [5, 5.41) is 5.14. The number of unbranched alkanes of at least 4 members (excludes halogenated alkanes) is 1. The fraction of sp³-hybridized carbons (Fsp3) is 0.316. The molecule has 2 aromatic carbocycles. The van der Waals surface area contributed by atoms with Gasteiger partial charge in [-0.3, -0.25) is 0 Å². The number of carbonyl (C=O) groups is 1. The fourth-order valence-electron chi connectivity index (χ4n) is 2.25. The lowest BCUT2D eigenvalue weighted by atomic mass is 10.1. The van der Waals surface area contributed by atoms with Gasteiger partial charge in [-0.1, -0.05) is 12.1 Å². The molecule has 2 aromatic rings. The molecule has 0 fully saturated rings. The van der Waals surface area contributed by atoms with Gasteiger partial charge in [-0.05, 0) is 54.8 Å². The summed E-state index contributed by atoms with van der Waals surface area (Å²) < 4.78 is 56.1. The van der Waals surface area contributed by atoms with E-state index in [1.807, 2.05) is 0 Å². The third kappa shape index (κ3) is 7.55. The lowest BCUT2D eigenvalue weighted by Crippen LogP contribution is -2.35. The number of urea groups is 1. The highest BCUT2D eigenvalue weighted by atomic mass is 19.4. The van der Waals surface area contributed by atoms with Crippen LogP contribution in [-0.4, -0.2) is 19.2 Å². The third-order valence-electron chi connectivity index (χ3n) is 3.65. The van der Waals surface area contributed by atoms with E-state index in [-0.39, 0.29) is 12.4 Å². The first-order chi connectivity index (χ1) is 12.8. The summed E-state index contributed by atoms with van der Waals surface area (Å²) in [5.74, 6) is 0.242. The van der Waals surface area contributed by atoms with Crippen molar-refractivity contribution in [3.63, 3.8) is 0 Å². The van der Waals surface area contributed by atoms with E-state index in [0.29, 0.717) is 37.3 Å². The maximum atomic E-state index is 12.7. The summed E-state index contributed by atoms with van der Waals surface area (Å²) in [6.07, 6.45) is -3.06. The van der Waals surface area contributed by atoms with E-state index in [2.05, 4.69) is 10.6 Å². The number of rotatable bonds is 8. The maximum absolute atomic E-state index is 12.7. The second-order valence-corrected chi connectivity index (χ2v) is 5.82. The minimum absolute atomic E-state index is 0.00340. The Bertz CT molecular complexity index is 733. The van der Waals surface area contributed by atoms with Crippen molar-refractivity contribution in [2.75, 3.05) is 13.2 Å². The molecule has 0 bridgehead atoms. The van der Waals surface area contributed by atoms with Crippen LogP contribution in [0.15, 0.2) is 48.5 Å². The Hall–Kier alpha value is -2.77. The van der Waals surface area contributed by atoms with Crippen LogP contribution in [0.25, 0.3) is 0 Å². The van der Waals surface area contributed by atoms with Gasteiger partial charge in [0.2, 0.25) is 0 Å². The zero-order valence-electron chi connectivity index (χ0n) is 14.5. The molecular formula is C19H20F4N2O2. The van der Waals surface area contributed by atoms with Crippen LogP contribution in [0.3, 0.4) is 0 Å². The number of benzene rings is 2. The fourth-order valence-corrected chi connectivity index (χ4v) is 2.25. The molecule has 0 atom stereocenters.